The molecule has 0 radical (unpaired) electrons. The molecule has 21 heavy (non-hydrogen) atoms. The molecule has 0 saturated heterocycles. The van der Waals surface area contributed by atoms with Gasteiger partial charge in [-0.05, 0) is 31.4 Å². The fraction of sp³-hybridized carbons (Fsp3) is 0.400. The van der Waals surface area contributed by atoms with Crippen molar-refractivity contribution in [3.63, 3.8) is 0 Å². The number of benzene rings is 2. The zero-order valence-electron chi connectivity index (χ0n) is 13.5. The van der Waals surface area contributed by atoms with Gasteiger partial charge in [-0.2, -0.15) is 0 Å². The smallest absolute Gasteiger partial charge is 0.0325 e. The number of hydrogen-bond acceptors (Lipinski definition) is 1. The topological polar surface area (TPSA) is 12.0 Å². The van der Waals surface area contributed by atoms with Crippen LogP contribution in [0.25, 0.3) is 0 Å². The zero-order chi connectivity index (χ0) is 15.1. The normalized spacial score (nSPS) is 13.9. The van der Waals surface area contributed by atoms with Crippen LogP contribution in [0.3, 0.4) is 0 Å². The summed E-state index contributed by atoms with van der Waals surface area (Å²) in [6.45, 7) is 6.65. The third-order valence-corrected chi connectivity index (χ3v) is 4.08. The van der Waals surface area contributed by atoms with Crippen molar-refractivity contribution in [1.29, 1.82) is 0 Å². The van der Waals surface area contributed by atoms with Crippen LogP contribution in [0.1, 0.15) is 61.9 Å². The Kier molecular flexibility index (Phi) is 6.01. The van der Waals surface area contributed by atoms with Crippen molar-refractivity contribution >= 4 is 0 Å². The lowest BCUT2D eigenvalue weighted by Crippen LogP contribution is -2.24. The van der Waals surface area contributed by atoms with Gasteiger partial charge in [0, 0.05) is 12.1 Å². The number of aryl methyl sites for hydroxylation is 1. The maximum absolute atomic E-state index is 3.80. The molecule has 2 aromatic carbocycles. The molecule has 0 aliphatic carbocycles. The summed E-state index contributed by atoms with van der Waals surface area (Å²) < 4.78 is 0. The standard InChI is InChI=1S/C20H27N/c1-4-5-11-20(19-9-7-6-8-10-19)21-17(3)18-14-12-16(2)13-15-18/h6-10,12-15,17,20-21H,4-5,11H2,1-3H3. The highest BCUT2D eigenvalue weighted by Gasteiger charge is 2.14. The largest absolute Gasteiger partial charge is 0.303 e. The summed E-state index contributed by atoms with van der Waals surface area (Å²) in [7, 11) is 0. The van der Waals surface area contributed by atoms with Gasteiger partial charge in [-0.15, -0.1) is 0 Å². The van der Waals surface area contributed by atoms with Crippen LogP contribution in [-0.2, 0) is 0 Å². The summed E-state index contributed by atoms with van der Waals surface area (Å²) in [5.74, 6) is 0. The van der Waals surface area contributed by atoms with E-state index in [1.54, 1.807) is 0 Å². The van der Waals surface area contributed by atoms with Crippen molar-refractivity contribution < 1.29 is 0 Å². The molecule has 0 aliphatic heterocycles. The van der Waals surface area contributed by atoms with Crippen LogP contribution in [-0.4, -0.2) is 0 Å². The molecule has 2 rings (SSSR count). The minimum absolute atomic E-state index is 0.368. The van der Waals surface area contributed by atoms with Crippen LogP contribution in [0.4, 0.5) is 0 Å². The van der Waals surface area contributed by atoms with E-state index in [2.05, 4.69) is 80.7 Å². The first-order valence-corrected chi connectivity index (χ1v) is 8.08. The lowest BCUT2D eigenvalue weighted by atomic mass is 9.98. The molecule has 0 aliphatic rings. The molecule has 1 heteroatoms. The number of hydrogen-bond donors (Lipinski definition) is 1. The van der Waals surface area contributed by atoms with Gasteiger partial charge in [0.25, 0.3) is 0 Å². The van der Waals surface area contributed by atoms with E-state index in [0.717, 1.165) is 0 Å². The van der Waals surface area contributed by atoms with Crippen molar-refractivity contribution in [1.82, 2.24) is 5.32 Å². The molecule has 1 N–H and O–H groups in total. The first kappa shape index (κ1) is 15.8. The Labute approximate surface area is 129 Å². The molecule has 0 amide bonds. The Balaban J connectivity index is 2.09. The van der Waals surface area contributed by atoms with Gasteiger partial charge in [-0.25, -0.2) is 0 Å². The maximum atomic E-state index is 3.80. The first-order chi connectivity index (χ1) is 10.2. The lowest BCUT2D eigenvalue weighted by Gasteiger charge is -2.24. The highest BCUT2D eigenvalue weighted by Crippen LogP contribution is 2.24. The monoisotopic (exact) mass is 281 g/mol. The third kappa shape index (κ3) is 4.71. The Morgan fingerprint density at radius 3 is 2.19 bits per heavy atom. The summed E-state index contributed by atoms with van der Waals surface area (Å²) in [5, 5.41) is 3.80. The van der Waals surface area contributed by atoms with Gasteiger partial charge in [0.1, 0.15) is 0 Å². The summed E-state index contributed by atoms with van der Waals surface area (Å²) in [5.41, 5.74) is 4.07. The lowest BCUT2D eigenvalue weighted by molar-refractivity contribution is 0.431. The number of unbranched alkanes of at least 4 members (excludes halogenated alkanes) is 1. The van der Waals surface area contributed by atoms with Gasteiger partial charge in [0.15, 0.2) is 0 Å². The van der Waals surface area contributed by atoms with Crippen LogP contribution in [0.15, 0.2) is 54.6 Å². The van der Waals surface area contributed by atoms with Crippen molar-refractivity contribution in [3.05, 3.63) is 71.3 Å². The van der Waals surface area contributed by atoms with E-state index in [-0.39, 0.29) is 0 Å². The van der Waals surface area contributed by atoms with Gasteiger partial charge in [-0.3, -0.25) is 0 Å². The molecule has 0 aromatic heterocycles. The molecule has 112 valence electrons. The Hall–Kier alpha value is -1.60. The maximum Gasteiger partial charge on any atom is 0.0325 e. The Morgan fingerprint density at radius 1 is 0.905 bits per heavy atom. The summed E-state index contributed by atoms with van der Waals surface area (Å²) in [6, 6.07) is 20.5. The minimum atomic E-state index is 0.368. The number of rotatable bonds is 7. The molecule has 0 spiro atoms. The van der Waals surface area contributed by atoms with E-state index >= 15 is 0 Å². The summed E-state index contributed by atoms with van der Waals surface area (Å²) >= 11 is 0. The SMILES string of the molecule is CCCCC(NC(C)c1ccc(C)cc1)c1ccccc1. The zero-order valence-corrected chi connectivity index (χ0v) is 13.5. The Bertz CT molecular complexity index is 515. The van der Waals surface area contributed by atoms with E-state index in [1.165, 1.54) is 36.0 Å². The fourth-order valence-corrected chi connectivity index (χ4v) is 2.69. The quantitative estimate of drug-likeness (QED) is 0.699. The highest BCUT2D eigenvalue weighted by atomic mass is 14.9. The van der Waals surface area contributed by atoms with Gasteiger partial charge < -0.3 is 5.32 Å². The summed E-state index contributed by atoms with van der Waals surface area (Å²) in [4.78, 5) is 0. The van der Waals surface area contributed by atoms with E-state index in [1.807, 2.05) is 0 Å². The average Bonchev–Trinajstić information content (AvgIpc) is 2.52. The van der Waals surface area contributed by atoms with Crippen molar-refractivity contribution in [2.45, 2.75) is 52.1 Å². The van der Waals surface area contributed by atoms with Gasteiger partial charge >= 0.3 is 0 Å². The molecule has 0 saturated carbocycles. The van der Waals surface area contributed by atoms with E-state index in [4.69, 9.17) is 0 Å². The third-order valence-electron chi connectivity index (χ3n) is 4.08. The van der Waals surface area contributed by atoms with Crippen LogP contribution in [0.2, 0.25) is 0 Å². The van der Waals surface area contributed by atoms with E-state index in [0.29, 0.717) is 12.1 Å². The molecule has 0 bridgehead atoms. The molecule has 0 heterocycles. The van der Waals surface area contributed by atoms with Crippen LogP contribution < -0.4 is 5.32 Å². The molecular weight excluding hydrogens is 254 g/mol. The second-order valence-electron chi connectivity index (χ2n) is 5.90. The summed E-state index contributed by atoms with van der Waals surface area (Å²) in [6.07, 6.45) is 3.69. The van der Waals surface area contributed by atoms with Crippen molar-refractivity contribution in [3.8, 4) is 0 Å². The molecule has 2 atom stereocenters. The molecule has 2 aromatic rings. The number of nitrogens with one attached hydrogen (secondary N) is 1. The van der Waals surface area contributed by atoms with Crippen LogP contribution in [0.5, 0.6) is 0 Å². The van der Waals surface area contributed by atoms with Gasteiger partial charge in [0.2, 0.25) is 0 Å². The van der Waals surface area contributed by atoms with Gasteiger partial charge in [-0.1, -0.05) is 79.9 Å². The second kappa shape index (κ2) is 7.99. The van der Waals surface area contributed by atoms with Crippen LogP contribution in [0, 0.1) is 6.92 Å². The van der Waals surface area contributed by atoms with Crippen LogP contribution >= 0.6 is 0 Å². The van der Waals surface area contributed by atoms with Crippen molar-refractivity contribution in [2.75, 3.05) is 0 Å². The minimum Gasteiger partial charge on any atom is -0.303 e. The second-order valence-corrected chi connectivity index (χ2v) is 5.90. The van der Waals surface area contributed by atoms with Gasteiger partial charge in [0.05, 0.1) is 0 Å². The van der Waals surface area contributed by atoms with E-state index < -0.39 is 0 Å². The Morgan fingerprint density at radius 2 is 1.57 bits per heavy atom. The average molecular weight is 281 g/mol. The predicted octanol–water partition coefficient (Wildman–Crippen LogP) is 5.58. The first-order valence-electron chi connectivity index (χ1n) is 8.08. The molecule has 0 fully saturated rings. The predicted molar refractivity (Wildman–Crippen MR) is 91.4 cm³/mol. The molecule has 2 unspecified atom stereocenters. The van der Waals surface area contributed by atoms with E-state index in [9.17, 15) is 0 Å². The molecular formula is C20H27N. The fourth-order valence-electron chi connectivity index (χ4n) is 2.69. The highest BCUT2D eigenvalue weighted by molar-refractivity contribution is 5.25. The molecule has 1 nitrogen and oxygen atoms in total. The van der Waals surface area contributed by atoms with Crippen molar-refractivity contribution in [2.24, 2.45) is 0 Å².